The van der Waals surface area contributed by atoms with Gasteiger partial charge in [-0.15, -0.1) is 5.11 Å². The van der Waals surface area contributed by atoms with E-state index < -0.39 is 17.6 Å². The molecule has 0 bridgehead atoms. The van der Waals surface area contributed by atoms with Gasteiger partial charge in [0.15, 0.2) is 11.5 Å². The Morgan fingerprint density at radius 2 is 1.30 bits per heavy atom. The number of halogens is 2. The van der Waals surface area contributed by atoms with Crippen molar-refractivity contribution in [3.63, 3.8) is 0 Å². The zero-order valence-electron chi connectivity index (χ0n) is 32.9. The summed E-state index contributed by atoms with van der Waals surface area (Å²) in [6, 6.07) is 15.1. The van der Waals surface area contributed by atoms with Crippen LogP contribution in [0.25, 0.3) is 5.69 Å². The standard InChI is InChI=1S/C42H53Cl2N7O6/c1-4-5-6-7-8-9-10-11-12-13-14-15-16-17-25-57-41(54)30-26-35(43)38(36(44)27-30)51-40(53)37(49-48-31-21-23-34(56-3)24-22-31)39(50-51)47-42(55)46-33-20-18-19-32(28-33)45-29(2)52/h18-24,26-28,50H,4-17,25H2,1-3H3,(H,45,52)(H2,46,47,55). The monoisotopic (exact) mass is 821 g/mol. The SMILES string of the molecule is CCCCCCCCCCCCCCCCOC(=O)c1cc(Cl)c(-n2[nH]c(NC(=O)Nc3cccc(NC(C)=O)c3)c(N=Nc3ccc(OC)cc3)c2=O)c(Cl)c1. The molecule has 0 fully saturated rings. The van der Waals surface area contributed by atoms with Crippen LogP contribution < -0.4 is 26.2 Å². The molecule has 57 heavy (non-hydrogen) atoms. The fourth-order valence-corrected chi connectivity index (χ4v) is 6.77. The first-order chi connectivity index (χ1) is 27.6. The number of methoxy groups -OCH3 is 1. The van der Waals surface area contributed by atoms with E-state index >= 15 is 0 Å². The molecule has 4 rings (SSSR count). The van der Waals surface area contributed by atoms with Gasteiger partial charge in [-0.1, -0.05) is 120 Å². The molecule has 15 heteroatoms. The highest BCUT2D eigenvalue weighted by Crippen LogP contribution is 2.32. The van der Waals surface area contributed by atoms with Gasteiger partial charge in [-0.3, -0.25) is 20.0 Å². The number of H-pyrrole nitrogens is 1. The number of carbonyl (C=O) groups is 3. The van der Waals surface area contributed by atoms with Crippen molar-refractivity contribution in [2.24, 2.45) is 10.2 Å². The summed E-state index contributed by atoms with van der Waals surface area (Å²) in [6.45, 7) is 3.88. The number of hydrogen-bond donors (Lipinski definition) is 4. The third kappa shape index (κ3) is 14.7. The molecule has 1 aromatic heterocycles. The van der Waals surface area contributed by atoms with E-state index in [1.54, 1.807) is 48.5 Å². The maximum atomic E-state index is 13.8. The Kier molecular flexibility index (Phi) is 18.6. The zero-order chi connectivity index (χ0) is 41.0. The lowest BCUT2D eigenvalue weighted by Gasteiger charge is -2.11. The van der Waals surface area contributed by atoms with E-state index in [-0.39, 0.29) is 45.3 Å². The van der Waals surface area contributed by atoms with Gasteiger partial charge in [0, 0.05) is 18.3 Å². The molecular weight excluding hydrogens is 769 g/mol. The number of aromatic amines is 1. The number of rotatable bonds is 23. The van der Waals surface area contributed by atoms with Crippen molar-refractivity contribution in [3.8, 4) is 11.4 Å². The highest BCUT2D eigenvalue weighted by Gasteiger charge is 2.23. The molecule has 4 N–H and O–H groups in total. The molecule has 0 aliphatic rings. The zero-order valence-corrected chi connectivity index (χ0v) is 34.4. The lowest BCUT2D eigenvalue weighted by molar-refractivity contribution is -0.114. The van der Waals surface area contributed by atoms with Crippen molar-refractivity contribution in [1.82, 2.24) is 9.78 Å². The Bertz CT molecular complexity index is 1990. The van der Waals surface area contributed by atoms with Crippen LogP contribution in [0.5, 0.6) is 5.75 Å². The number of benzene rings is 3. The van der Waals surface area contributed by atoms with Gasteiger partial charge in [0.2, 0.25) is 5.91 Å². The van der Waals surface area contributed by atoms with Gasteiger partial charge in [-0.25, -0.2) is 14.3 Å². The van der Waals surface area contributed by atoms with Crippen LogP contribution in [0.2, 0.25) is 10.0 Å². The average Bonchev–Trinajstić information content (AvgIpc) is 3.47. The van der Waals surface area contributed by atoms with Crippen molar-refractivity contribution in [2.75, 3.05) is 29.7 Å². The second kappa shape index (κ2) is 23.8. The van der Waals surface area contributed by atoms with Crippen LogP contribution >= 0.6 is 23.2 Å². The van der Waals surface area contributed by atoms with E-state index in [2.05, 4.69) is 38.2 Å². The molecule has 3 aromatic carbocycles. The minimum absolute atomic E-state index is 0.0178. The Labute approximate surface area is 343 Å². The molecule has 4 aromatic rings. The van der Waals surface area contributed by atoms with E-state index in [1.807, 2.05) is 0 Å². The smallest absolute Gasteiger partial charge is 0.338 e. The highest BCUT2D eigenvalue weighted by molar-refractivity contribution is 6.38. The largest absolute Gasteiger partial charge is 0.497 e. The van der Waals surface area contributed by atoms with Gasteiger partial charge < -0.3 is 20.1 Å². The Morgan fingerprint density at radius 3 is 1.86 bits per heavy atom. The number of ether oxygens (including phenoxy) is 2. The maximum Gasteiger partial charge on any atom is 0.338 e. The summed E-state index contributed by atoms with van der Waals surface area (Å²) in [7, 11) is 1.53. The first-order valence-electron chi connectivity index (χ1n) is 19.6. The van der Waals surface area contributed by atoms with Crippen LogP contribution in [0, 0.1) is 0 Å². The molecular formula is C42H53Cl2N7O6. The second-order valence-corrected chi connectivity index (χ2v) is 14.6. The molecule has 0 atom stereocenters. The fourth-order valence-electron chi connectivity index (χ4n) is 6.12. The lowest BCUT2D eigenvalue weighted by Crippen LogP contribution is -2.20. The topological polar surface area (TPSA) is 168 Å². The van der Waals surface area contributed by atoms with E-state index in [1.165, 1.54) is 96.8 Å². The Hall–Kier alpha value is -5.14. The molecule has 0 saturated heterocycles. The quantitative estimate of drug-likeness (QED) is 0.0330. The molecule has 0 radical (unpaired) electrons. The minimum Gasteiger partial charge on any atom is -0.497 e. The number of hydrogen-bond acceptors (Lipinski definition) is 8. The number of anilines is 3. The summed E-state index contributed by atoms with van der Waals surface area (Å²) in [6.07, 6.45) is 17.2. The van der Waals surface area contributed by atoms with Crippen molar-refractivity contribution in [3.05, 3.63) is 86.6 Å². The number of esters is 1. The molecule has 306 valence electrons. The molecule has 0 aliphatic carbocycles. The summed E-state index contributed by atoms with van der Waals surface area (Å²) in [5, 5.41) is 19.0. The summed E-state index contributed by atoms with van der Waals surface area (Å²) >= 11 is 13.3. The molecule has 0 unspecified atom stereocenters. The van der Waals surface area contributed by atoms with Gasteiger partial charge in [0.05, 0.1) is 35.0 Å². The number of nitrogens with one attached hydrogen (secondary N) is 4. The first kappa shape index (κ1) is 44.6. The van der Waals surface area contributed by atoms with Crippen LogP contribution in [0.15, 0.2) is 75.7 Å². The minimum atomic E-state index is -0.743. The maximum absolute atomic E-state index is 13.8. The van der Waals surface area contributed by atoms with Gasteiger partial charge in [0.25, 0.3) is 0 Å². The number of amides is 3. The fraction of sp³-hybridized carbons (Fsp3) is 0.429. The molecule has 13 nitrogen and oxygen atoms in total. The van der Waals surface area contributed by atoms with Crippen molar-refractivity contribution in [2.45, 2.75) is 104 Å². The summed E-state index contributed by atoms with van der Waals surface area (Å²) in [4.78, 5) is 51.4. The Balaban J connectivity index is 1.38. The normalized spacial score (nSPS) is 11.1. The second-order valence-electron chi connectivity index (χ2n) is 13.7. The number of nitrogens with zero attached hydrogens (tertiary/aromatic N) is 3. The highest BCUT2D eigenvalue weighted by atomic mass is 35.5. The van der Waals surface area contributed by atoms with Crippen LogP contribution in [-0.2, 0) is 9.53 Å². The van der Waals surface area contributed by atoms with E-state index in [4.69, 9.17) is 32.7 Å². The molecule has 3 amide bonds. The number of urea groups is 1. The number of carbonyl (C=O) groups excluding carboxylic acids is 3. The van der Waals surface area contributed by atoms with E-state index in [9.17, 15) is 19.2 Å². The number of azo groups is 1. The molecule has 0 aliphatic heterocycles. The first-order valence-corrected chi connectivity index (χ1v) is 20.4. The predicted octanol–water partition coefficient (Wildman–Crippen LogP) is 12.1. The van der Waals surface area contributed by atoms with Crippen LogP contribution in [0.1, 0.15) is 114 Å². The molecule has 0 saturated carbocycles. The summed E-state index contributed by atoms with van der Waals surface area (Å²) in [5.41, 5.74) is 0.367. The molecule has 0 spiro atoms. The summed E-state index contributed by atoms with van der Waals surface area (Å²) < 4.78 is 11.7. The van der Waals surface area contributed by atoms with Gasteiger partial charge in [0.1, 0.15) is 11.4 Å². The lowest BCUT2D eigenvalue weighted by atomic mass is 10.0. The number of aromatic nitrogens is 2. The van der Waals surface area contributed by atoms with Crippen molar-refractivity contribution < 1.29 is 23.9 Å². The van der Waals surface area contributed by atoms with Gasteiger partial charge in [-0.2, -0.15) is 5.11 Å². The van der Waals surface area contributed by atoms with Crippen LogP contribution in [0.4, 0.5) is 33.4 Å². The third-order valence-electron chi connectivity index (χ3n) is 9.09. The van der Waals surface area contributed by atoms with Gasteiger partial charge in [-0.05, 0) is 61.0 Å². The van der Waals surface area contributed by atoms with Gasteiger partial charge >= 0.3 is 17.6 Å². The third-order valence-corrected chi connectivity index (χ3v) is 9.67. The average molecular weight is 823 g/mol. The van der Waals surface area contributed by atoms with E-state index in [0.717, 1.165) is 23.9 Å². The van der Waals surface area contributed by atoms with Crippen LogP contribution in [0.3, 0.4) is 0 Å². The number of unbranched alkanes of at least 4 members (excludes halogenated alkanes) is 13. The predicted molar refractivity (Wildman–Crippen MR) is 228 cm³/mol. The van der Waals surface area contributed by atoms with Crippen molar-refractivity contribution >= 4 is 69.7 Å². The Morgan fingerprint density at radius 1 is 0.737 bits per heavy atom. The van der Waals surface area contributed by atoms with E-state index in [0.29, 0.717) is 22.8 Å². The summed E-state index contributed by atoms with van der Waals surface area (Å²) in [5.74, 6) is -0.387. The van der Waals surface area contributed by atoms with Crippen molar-refractivity contribution in [1.29, 1.82) is 0 Å². The molecule has 1 heterocycles. The van der Waals surface area contributed by atoms with Crippen LogP contribution in [-0.4, -0.2) is 41.4 Å².